The molecule has 170 valence electrons. The number of rotatable bonds is 7. The van der Waals surface area contributed by atoms with E-state index in [0.717, 1.165) is 35.4 Å². The number of thiophene rings is 1. The predicted octanol–water partition coefficient (Wildman–Crippen LogP) is 6.18. The molecule has 1 saturated heterocycles. The fourth-order valence-electron chi connectivity index (χ4n) is 4.54. The number of hydrogen-bond acceptors (Lipinski definition) is 5. The first-order chi connectivity index (χ1) is 15.5. The van der Waals surface area contributed by atoms with Crippen LogP contribution in [0.15, 0.2) is 48.5 Å². The van der Waals surface area contributed by atoms with Crippen molar-refractivity contribution in [2.45, 2.75) is 44.8 Å². The molecule has 3 aromatic rings. The normalized spacial score (nSPS) is 20.8. The molecular weight excluding hydrogens is 440 g/mol. The summed E-state index contributed by atoms with van der Waals surface area (Å²) in [4.78, 5) is 3.79. The van der Waals surface area contributed by atoms with E-state index in [1.807, 2.05) is 60.7 Å². The zero-order valence-electron chi connectivity index (χ0n) is 18.6. The standard InChI is InChI=1S/C26H31ClN2O2S/c1-3-6-20-23(28)8-5-9-24(20)31-16-19(30)15-29-12-11-18(13-17(29)2)26-14-21-22(27)7-4-10-25(21)32-26/h3-10,14,17-19,30H,11-13,15-16,28H2,1-2H3/b6-3-/t17-,18+,19+/m1/s1. The summed E-state index contributed by atoms with van der Waals surface area (Å²) in [5.74, 6) is 1.25. The average molecular weight is 471 g/mol. The maximum Gasteiger partial charge on any atom is 0.128 e. The second kappa shape index (κ2) is 10.3. The van der Waals surface area contributed by atoms with E-state index in [2.05, 4.69) is 24.0 Å². The number of β-amino-alcohol motifs (C(OH)–C–C–N with tert-alkyl or cyclic N) is 1. The van der Waals surface area contributed by atoms with Gasteiger partial charge in [0.15, 0.2) is 0 Å². The molecule has 3 N–H and O–H groups in total. The molecule has 1 fully saturated rings. The number of nitrogens with zero attached hydrogens (tertiary/aromatic N) is 1. The molecule has 1 aliphatic rings. The Bertz CT molecular complexity index is 1100. The Morgan fingerprint density at radius 3 is 2.88 bits per heavy atom. The van der Waals surface area contributed by atoms with Crippen molar-refractivity contribution < 1.29 is 9.84 Å². The number of halogens is 1. The van der Waals surface area contributed by atoms with Crippen molar-refractivity contribution in [2.24, 2.45) is 0 Å². The highest BCUT2D eigenvalue weighted by atomic mass is 35.5. The van der Waals surface area contributed by atoms with Crippen LogP contribution in [-0.4, -0.2) is 41.8 Å². The third kappa shape index (κ3) is 5.12. The van der Waals surface area contributed by atoms with Gasteiger partial charge in [0.1, 0.15) is 18.5 Å². The Hall–Kier alpha value is -2.05. The van der Waals surface area contributed by atoms with Gasteiger partial charge in [0.25, 0.3) is 0 Å². The number of hydrogen-bond donors (Lipinski definition) is 2. The predicted molar refractivity (Wildman–Crippen MR) is 137 cm³/mol. The number of aliphatic hydroxyl groups excluding tert-OH is 1. The van der Waals surface area contributed by atoms with E-state index in [1.165, 1.54) is 9.58 Å². The van der Waals surface area contributed by atoms with Crippen molar-refractivity contribution in [3.05, 3.63) is 64.0 Å². The summed E-state index contributed by atoms with van der Waals surface area (Å²) in [5.41, 5.74) is 7.60. The molecule has 0 aliphatic carbocycles. The first-order valence-electron chi connectivity index (χ1n) is 11.2. The van der Waals surface area contributed by atoms with E-state index in [1.54, 1.807) is 0 Å². The first kappa shape index (κ1) is 23.1. The Kier molecular flexibility index (Phi) is 7.41. The van der Waals surface area contributed by atoms with Crippen LogP contribution in [0.1, 0.15) is 43.0 Å². The number of benzene rings is 2. The largest absolute Gasteiger partial charge is 0.490 e. The minimum atomic E-state index is -0.558. The van der Waals surface area contributed by atoms with Crippen LogP contribution in [0.25, 0.3) is 16.2 Å². The van der Waals surface area contributed by atoms with Crippen molar-refractivity contribution in [1.29, 1.82) is 0 Å². The Labute approximate surface area is 199 Å². The Morgan fingerprint density at radius 2 is 2.12 bits per heavy atom. The van der Waals surface area contributed by atoms with E-state index >= 15 is 0 Å². The summed E-state index contributed by atoms with van der Waals surface area (Å²) in [6, 6.07) is 14.4. The molecule has 0 saturated carbocycles. The van der Waals surface area contributed by atoms with Gasteiger partial charge >= 0.3 is 0 Å². The van der Waals surface area contributed by atoms with Gasteiger partial charge in [-0.15, -0.1) is 11.3 Å². The van der Waals surface area contributed by atoms with Gasteiger partial charge in [-0.25, -0.2) is 0 Å². The minimum Gasteiger partial charge on any atom is -0.490 e. The smallest absolute Gasteiger partial charge is 0.128 e. The number of piperidine rings is 1. The van der Waals surface area contributed by atoms with Gasteiger partial charge in [-0.2, -0.15) is 0 Å². The van der Waals surface area contributed by atoms with Crippen molar-refractivity contribution in [3.8, 4) is 5.75 Å². The summed E-state index contributed by atoms with van der Waals surface area (Å²) in [6.45, 7) is 6.02. The zero-order chi connectivity index (χ0) is 22.7. The van der Waals surface area contributed by atoms with E-state index in [9.17, 15) is 5.11 Å². The number of allylic oxidation sites excluding steroid dienone is 1. The average Bonchev–Trinajstić information content (AvgIpc) is 3.21. The number of nitrogen functional groups attached to an aromatic ring is 1. The van der Waals surface area contributed by atoms with Crippen molar-refractivity contribution in [3.63, 3.8) is 0 Å². The van der Waals surface area contributed by atoms with Crippen LogP contribution >= 0.6 is 22.9 Å². The molecule has 2 heterocycles. The lowest BCUT2D eigenvalue weighted by Gasteiger charge is -2.38. The highest BCUT2D eigenvalue weighted by Gasteiger charge is 2.29. The third-order valence-corrected chi connectivity index (χ3v) is 7.85. The molecule has 4 rings (SSSR count). The highest BCUT2D eigenvalue weighted by molar-refractivity contribution is 7.19. The molecule has 2 aromatic carbocycles. The molecule has 0 unspecified atom stereocenters. The van der Waals surface area contributed by atoms with Crippen LogP contribution in [0.3, 0.4) is 0 Å². The first-order valence-corrected chi connectivity index (χ1v) is 12.4. The molecule has 32 heavy (non-hydrogen) atoms. The topological polar surface area (TPSA) is 58.7 Å². The van der Waals surface area contributed by atoms with Crippen LogP contribution < -0.4 is 10.5 Å². The monoisotopic (exact) mass is 470 g/mol. The Morgan fingerprint density at radius 1 is 1.31 bits per heavy atom. The quantitative estimate of drug-likeness (QED) is 0.405. The van der Waals surface area contributed by atoms with Crippen LogP contribution in [0.4, 0.5) is 5.69 Å². The number of fused-ring (bicyclic) bond motifs is 1. The highest BCUT2D eigenvalue weighted by Crippen LogP contribution is 2.40. The van der Waals surface area contributed by atoms with Gasteiger partial charge in [-0.1, -0.05) is 35.9 Å². The number of ether oxygens (including phenoxy) is 1. The molecule has 6 heteroatoms. The van der Waals surface area contributed by atoms with Gasteiger partial charge in [-0.05, 0) is 69.5 Å². The number of aliphatic hydroxyl groups is 1. The van der Waals surface area contributed by atoms with Crippen molar-refractivity contribution in [2.75, 3.05) is 25.4 Å². The molecule has 4 nitrogen and oxygen atoms in total. The molecule has 1 aromatic heterocycles. The zero-order valence-corrected chi connectivity index (χ0v) is 20.2. The molecule has 0 spiro atoms. The van der Waals surface area contributed by atoms with E-state index in [0.29, 0.717) is 29.9 Å². The lowest BCUT2D eigenvalue weighted by atomic mass is 9.90. The summed E-state index contributed by atoms with van der Waals surface area (Å²) in [7, 11) is 0. The SMILES string of the molecule is C/C=C\c1c(N)cccc1OC[C@@H](O)CN1CC[C@H](c2cc3c(Cl)cccc3s2)C[C@H]1C. The third-order valence-electron chi connectivity index (χ3n) is 6.25. The fraction of sp³-hybridized carbons (Fsp3) is 0.385. The van der Waals surface area contributed by atoms with Gasteiger partial charge in [0, 0.05) is 43.8 Å². The number of nitrogens with two attached hydrogens (primary N) is 1. The summed E-state index contributed by atoms with van der Waals surface area (Å²) < 4.78 is 7.18. The molecule has 3 atom stereocenters. The number of likely N-dealkylation sites (tertiary alicyclic amines) is 1. The van der Waals surface area contributed by atoms with E-state index in [4.69, 9.17) is 22.1 Å². The molecular formula is C26H31ClN2O2S. The molecule has 0 amide bonds. The van der Waals surface area contributed by atoms with Crippen LogP contribution in [0.5, 0.6) is 5.75 Å². The van der Waals surface area contributed by atoms with Gasteiger partial charge in [0.05, 0.1) is 0 Å². The lowest BCUT2D eigenvalue weighted by Crippen LogP contribution is -2.45. The second-order valence-corrected chi connectivity index (χ2v) is 10.1. The van der Waals surface area contributed by atoms with Gasteiger partial charge in [-0.3, -0.25) is 4.90 Å². The summed E-state index contributed by atoms with van der Waals surface area (Å²) in [6.07, 6.45) is 5.48. The van der Waals surface area contributed by atoms with Crippen molar-refractivity contribution in [1.82, 2.24) is 4.90 Å². The number of anilines is 1. The van der Waals surface area contributed by atoms with E-state index in [-0.39, 0.29) is 6.61 Å². The van der Waals surface area contributed by atoms with Crippen LogP contribution in [0.2, 0.25) is 5.02 Å². The minimum absolute atomic E-state index is 0.246. The molecule has 1 aliphatic heterocycles. The maximum atomic E-state index is 10.7. The summed E-state index contributed by atoms with van der Waals surface area (Å²) >= 11 is 8.24. The van der Waals surface area contributed by atoms with Crippen LogP contribution in [-0.2, 0) is 0 Å². The fourth-order valence-corrected chi connectivity index (χ4v) is 6.06. The van der Waals surface area contributed by atoms with E-state index < -0.39 is 6.10 Å². The second-order valence-electron chi connectivity index (χ2n) is 8.59. The molecule has 0 radical (unpaired) electrons. The maximum absolute atomic E-state index is 10.7. The van der Waals surface area contributed by atoms with Crippen LogP contribution in [0, 0.1) is 0 Å². The Balaban J connectivity index is 1.33. The summed E-state index contributed by atoms with van der Waals surface area (Å²) in [5, 5.41) is 12.6. The molecule has 0 bridgehead atoms. The van der Waals surface area contributed by atoms with Gasteiger partial charge < -0.3 is 15.6 Å². The van der Waals surface area contributed by atoms with Crippen molar-refractivity contribution >= 4 is 44.8 Å². The lowest BCUT2D eigenvalue weighted by molar-refractivity contribution is 0.0404. The van der Waals surface area contributed by atoms with Gasteiger partial charge in [0.2, 0.25) is 0 Å².